The zero-order valence-electron chi connectivity index (χ0n) is 7.05. The monoisotopic (exact) mass is 157 g/mol. The summed E-state index contributed by atoms with van der Waals surface area (Å²) in [5.74, 6) is -0.262. The van der Waals surface area contributed by atoms with E-state index in [1.54, 1.807) is 0 Å². The second kappa shape index (κ2) is 2.81. The molecule has 0 bridgehead atoms. The van der Waals surface area contributed by atoms with Crippen molar-refractivity contribution < 1.29 is 9.90 Å². The van der Waals surface area contributed by atoms with Gasteiger partial charge in [0.2, 0.25) is 0 Å². The Kier molecular flexibility index (Phi) is 2.18. The molecule has 1 fully saturated rings. The van der Waals surface area contributed by atoms with E-state index in [1.807, 2.05) is 0 Å². The van der Waals surface area contributed by atoms with Gasteiger partial charge in [-0.2, -0.15) is 0 Å². The number of rotatable bonds is 2. The van der Waals surface area contributed by atoms with Crippen LogP contribution in [0.4, 0.5) is 0 Å². The Morgan fingerprint density at radius 3 is 2.36 bits per heavy atom. The molecule has 1 rings (SSSR count). The number of nitrogens with one attached hydrogen (secondary N) is 1. The molecule has 0 aromatic rings. The second-order valence-corrected chi connectivity index (χ2v) is 3.66. The van der Waals surface area contributed by atoms with Crippen molar-refractivity contribution in [1.82, 2.24) is 5.32 Å². The highest BCUT2D eigenvalue weighted by Gasteiger charge is 2.28. The van der Waals surface area contributed by atoms with Crippen LogP contribution in [-0.4, -0.2) is 22.7 Å². The van der Waals surface area contributed by atoms with E-state index in [0.717, 1.165) is 12.8 Å². The highest BCUT2D eigenvalue weighted by molar-refractivity contribution is 5.84. The number of hydrogen-bond acceptors (Lipinski definition) is 2. The van der Waals surface area contributed by atoms with Gasteiger partial charge in [-0.1, -0.05) is 0 Å². The summed E-state index contributed by atoms with van der Waals surface area (Å²) in [6.45, 7) is 3.00. The van der Waals surface area contributed by atoms with Gasteiger partial charge in [0.15, 0.2) is 0 Å². The van der Waals surface area contributed by atoms with Crippen LogP contribution in [-0.2, 0) is 4.79 Å². The molecule has 0 unspecified atom stereocenters. The van der Waals surface area contributed by atoms with E-state index >= 15 is 0 Å². The molecule has 0 aliphatic heterocycles. The van der Waals surface area contributed by atoms with E-state index in [0.29, 0.717) is 6.04 Å². The number of carbonyl (C=O) groups is 1. The molecule has 0 aromatic heterocycles. The van der Waals surface area contributed by atoms with Crippen molar-refractivity contribution in [2.24, 2.45) is 0 Å². The predicted octanol–water partition coefficient (Wildman–Crippen LogP) is 0.426. The van der Waals surface area contributed by atoms with Crippen LogP contribution in [0.3, 0.4) is 0 Å². The number of amides is 1. The van der Waals surface area contributed by atoms with Gasteiger partial charge in [0.05, 0.1) is 0 Å². The van der Waals surface area contributed by atoms with Gasteiger partial charge < -0.3 is 10.4 Å². The minimum absolute atomic E-state index is 0.262. The number of hydrogen-bond donors (Lipinski definition) is 2. The topological polar surface area (TPSA) is 49.3 Å². The Balaban J connectivity index is 2.30. The predicted molar refractivity (Wildman–Crippen MR) is 42.1 cm³/mol. The fourth-order valence-corrected chi connectivity index (χ4v) is 0.915. The lowest BCUT2D eigenvalue weighted by Gasteiger charge is -2.29. The fraction of sp³-hybridized carbons (Fsp3) is 0.875. The normalized spacial score (nSPS) is 19.2. The third kappa shape index (κ3) is 2.19. The molecule has 1 aliphatic carbocycles. The molecule has 0 radical (unpaired) electrons. The molecular weight excluding hydrogens is 142 g/mol. The summed E-state index contributed by atoms with van der Waals surface area (Å²) in [6, 6.07) is 0.314. The lowest BCUT2D eigenvalue weighted by atomic mass is 9.92. The first-order valence-electron chi connectivity index (χ1n) is 4.03. The Morgan fingerprint density at radius 2 is 2.09 bits per heavy atom. The van der Waals surface area contributed by atoms with E-state index in [4.69, 9.17) is 0 Å². The van der Waals surface area contributed by atoms with Crippen LogP contribution in [0.2, 0.25) is 0 Å². The van der Waals surface area contributed by atoms with E-state index < -0.39 is 5.60 Å². The van der Waals surface area contributed by atoms with E-state index in [9.17, 15) is 9.90 Å². The molecule has 0 heterocycles. The van der Waals surface area contributed by atoms with Gasteiger partial charge in [-0.05, 0) is 33.1 Å². The number of carbonyl (C=O) groups excluding carboxylic acids is 1. The molecule has 64 valence electrons. The zero-order chi connectivity index (χ0) is 8.48. The molecule has 2 N–H and O–H groups in total. The minimum Gasteiger partial charge on any atom is -0.381 e. The van der Waals surface area contributed by atoms with Crippen molar-refractivity contribution in [3.8, 4) is 0 Å². The van der Waals surface area contributed by atoms with Gasteiger partial charge in [0, 0.05) is 6.04 Å². The van der Waals surface area contributed by atoms with Crippen molar-refractivity contribution >= 4 is 5.91 Å². The summed E-state index contributed by atoms with van der Waals surface area (Å²) in [4.78, 5) is 11.1. The first-order chi connectivity index (χ1) is 5.00. The van der Waals surface area contributed by atoms with Crippen molar-refractivity contribution in [3.63, 3.8) is 0 Å². The molecule has 0 aromatic carbocycles. The quantitative estimate of drug-likeness (QED) is 0.610. The summed E-state index contributed by atoms with van der Waals surface area (Å²) in [7, 11) is 0. The van der Waals surface area contributed by atoms with Crippen LogP contribution in [0.1, 0.15) is 33.1 Å². The highest BCUT2D eigenvalue weighted by Crippen LogP contribution is 2.18. The van der Waals surface area contributed by atoms with Crippen LogP contribution in [0, 0.1) is 0 Å². The maximum Gasteiger partial charge on any atom is 0.251 e. The second-order valence-electron chi connectivity index (χ2n) is 3.66. The van der Waals surface area contributed by atoms with E-state index in [-0.39, 0.29) is 5.91 Å². The summed E-state index contributed by atoms with van der Waals surface area (Å²) < 4.78 is 0. The summed E-state index contributed by atoms with van der Waals surface area (Å²) in [6.07, 6.45) is 3.31. The Hall–Kier alpha value is -0.570. The SMILES string of the molecule is CC(C)(O)C(=O)NC1CCC1. The number of aliphatic hydroxyl groups is 1. The van der Waals surface area contributed by atoms with Crippen LogP contribution in [0.15, 0.2) is 0 Å². The smallest absolute Gasteiger partial charge is 0.251 e. The van der Waals surface area contributed by atoms with Gasteiger partial charge in [-0.3, -0.25) is 4.79 Å². The van der Waals surface area contributed by atoms with Gasteiger partial charge in [-0.25, -0.2) is 0 Å². The minimum atomic E-state index is -1.23. The average Bonchev–Trinajstić information content (AvgIpc) is 1.75. The lowest BCUT2D eigenvalue weighted by molar-refractivity contribution is -0.137. The molecule has 1 amide bonds. The Morgan fingerprint density at radius 1 is 1.55 bits per heavy atom. The molecule has 3 nitrogen and oxygen atoms in total. The molecule has 1 aliphatic rings. The van der Waals surface area contributed by atoms with Gasteiger partial charge in [0.1, 0.15) is 5.60 Å². The van der Waals surface area contributed by atoms with Crippen LogP contribution >= 0.6 is 0 Å². The highest BCUT2D eigenvalue weighted by atomic mass is 16.3. The van der Waals surface area contributed by atoms with E-state index in [2.05, 4.69) is 5.32 Å². The zero-order valence-corrected chi connectivity index (χ0v) is 7.05. The van der Waals surface area contributed by atoms with Gasteiger partial charge in [-0.15, -0.1) is 0 Å². The molecule has 0 spiro atoms. The van der Waals surface area contributed by atoms with Crippen LogP contribution < -0.4 is 5.32 Å². The molecular formula is C8H15NO2. The van der Waals surface area contributed by atoms with Crippen molar-refractivity contribution in [3.05, 3.63) is 0 Å². The van der Waals surface area contributed by atoms with E-state index in [1.165, 1.54) is 20.3 Å². The maximum atomic E-state index is 11.1. The first kappa shape index (κ1) is 8.53. The largest absolute Gasteiger partial charge is 0.381 e. The first-order valence-corrected chi connectivity index (χ1v) is 4.03. The molecule has 11 heavy (non-hydrogen) atoms. The van der Waals surface area contributed by atoms with Crippen molar-refractivity contribution in [2.45, 2.75) is 44.8 Å². The molecule has 0 atom stereocenters. The Bertz CT molecular complexity index is 156. The fourth-order valence-electron chi connectivity index (χ4n) is 0.915. The molecule has 1 saturated carbocycles. The van der Waals surface area contributed by atoms with Crippen LogP contribution in [0.25, 0.3) is 0 Å². The third-order valence-electron chi connectivity index (χ3n) is 2.00. The maximum absolute atomic E-state index is 11.1. The van der Waals surface area contributed by atoms with Crippen LogP contribution in [0.5, 0.6) is 0 Å². The van der Waals surface area contributed by atoms with Crippen molar-refractivity contribution in [2.75, 3.05) is 0 Å². The Labute approximate surface area is 66.8 Å². The van der Waals surface area contributed by atoms with Crippen molar-refractivity contribution in [1.29, 1.82) is 0 Å². The summed E-state index contributed by atoms with van der Waals surface area (Å²) in [5, 5.41) is 12.0. The molecule has 0 saturated heterocycles. The lowest BCUT2D eigenvalue weighted by Crippen LogP contribution is -2.48. The standard InChI is InChI=1S/C8H15NO2/c1-8(2,11)7(10)9-6-4-3-5-6/h6,11H,3-5H2,1-2H3,(H,9,10). The third-order valence-corrected chi connectivity index (χ3v) is 2.00. The molecule has 3 heteroatoms. The van der Waals surface area contributed by atoms with Gasteiger partial charge >= 0.3 is 0 Å². The average molecular weight is 157 g/mol. The summed E-state index contributed by atoms with van der Waals surface area (Å²) in [5.41, 5.74) is -1.23. The van der Waals surface area contributed by atoms with Gasteiger partial charge in [0.25, 0.3) is 5.91 Å². The summed E-state index contributed by atoms with van der Waals surface area (Å²) >= 11 is 0.